The minimum atomic E-state index is -0.283. The van der Waals surface area contributed by atoms with E-state index in [2.05, 4.69) is 15.3 Å². The molecule has 1 N–H and O–H groups in total. The van der Waals surface area contributed by atoms with Gasteiger partial charge in [0.1, 0.15) is 5.69 Å². The van der Waals surface area contributed by atoms with Crippen LogP contribution in [0.5, 0.6) is 0 Å². The van der Waals surface area contributed by atoms with Crippen molar-refractivity contribution in [2.45, 2.75) is 6.92 Å². The molecule has 0 saturated carbocycles. The van der Waals surface area contributed by atoms with Gasteiger partial charge in [0.15, 0.2) is 16.1 Å². The average Bonchev–Trinajstić information content (AvgIpc) is 2.34. The van der Waals surface area contributed by atoms with Crippen molar-refractivity contribution in [3.8, 4) is 11.4 Å². The van der Waals surface area contributed by atoms with E-state index in [-0.39, 0.29) is 21.9 Å². The summed E-state index contributed by atoms with van der Waals surface area (Å²) in [5.74, 6) is 0.134. The van der Waals surface area contributed by atoms with Gasteiger partial charge in [-0.15, -0.1) is 0 Å². The highest BCUT2D eigenvalue weighted by molar-refractivity contribution is 6.38. The first-order chi connectivity index (χ1) is 8.58. The first-order valence-corrected chi connectivity index (χ1v) is 5.89. The lowest BCUT2D eigenvalue weighted by atomic mass is 10.2. The minimum absolute atomic E-state index is 0.115. The minimum Gasteiger partial charge on any atom is -0.321 e. The largest absolute Gasteiger partial charge is 0.321 e. The van der Waals surface area contributed by atoms with Crippen LogP contribution in [0.1, 0.15) is 6.92 Å². The number of benzene rings is 1. The Morgan fingerprint density at radius 3 is 2.17 bits per heavy atom. The molecular formula is C12H9Cl2N3O. The Bertz CT molecular complexity index is 564. The van der Waals surface area contributed by atoms with Gasteiger partial charge in [-0.25, -0.2) is 9.97 Å². The molecule has 0 aliphatic heterocycles. The number of halogens is 2. The smallest absolute Gasteiger partial charge is 0.221 e. The molecule has 1 amide bonds. The molecule has 0 radical (unpaired) electrons. The molecule has 0 spiro atoms. The molecular weight excluding hydrogens is 273 g/mol. The third kappa shape index (κ3) is 2.78. The van der Waals surface area contributed by atoms with Gasteiger partial charge >= 0.3 is 0 Å². The number of aromatic nitrogens is 2. The van der Waals surface area contributed by atoms with Gasteiger partial charge in [-0.2, -0.15) is 0 Å². The molecule has 0 saturated heterocycles. The molecule has 0 bridgehead atoms. The van der Waals surface area contributed by atoms with Gasteiger partial charge in [0, 0.05) is 12.5 Å². The Kier molecular flexibility index (Phi) is 3.79. The first kappa shape index (κ1) is 12.8. The van der Waals surface area contributed by atoms with Crippen molar-refractivity contribution in [1.29, 1.82) is 0 Å². The summed E-state index contributed by atoms with van der Waals surface area (Å²) in [7, 11) is 0. The second kappa shape index (κ2) is 5.33. The maximum Gasteiger partial charge on any atom is 0.221 e. The van der Waals surface area contributed by atoms with Crippen LogP contribution >= 0.6 is 23.2 Å². The molecule has 0 aliphatic carbocycles. The molecule has 4 nitrogen and oxygen atoms in total. The summed E-state index contributed by atoms with van der Waals surface area (Å²) in [6.45, 7) is 1.36. The third-order valence-corrected chi connectivity index (χ3v) is 2.70. The van der Waals surface area contributed by atoms with Crippen LogP contribution in [0.3, 0.4) is 0 Å². The van der Waals surface area contributed by atoms with Gasteiger partial charge in [-0.1, -0.05) is 53.5 Å². The highest BCUT2D eigenvalue weighted by Crippen LogP contribution is 2.29. The Hall–Kier alpha value is -1.65. The Morgan fingerprint density at radius 1 is 1.11 bits per heavy atom. The lowest BCUT2D eigenvalue weighted by Crippen LogP contribution is -2.08. The van der Waals surface area contributed by atoms with Crippen molar-refractivity contribution in [1.82, 2.24) is 9.97 Å². The van der Waals surface area contributed by atoms with Crippen molar-refractivity contribution in [2.75, 3.05) is 5.32 Å². The zero-order valence-electron chi connectivity index (χ0n) is 9.45. The zero-order valence-corrected chi connectivity index (χ0v) is 11.0. The summed E-state index contributed by atoms with van der Waals surface area (Å²) in [5.41, 5.74) is 1.03. The zero-order chi connectivity index (χ0) is 13.1. The van der Waals surface area contributed by atoms with E-state index in [0.717, 1.165) is 5.56 Å². The summed E-state index contributed by atoms with van der Waals surface area (Å²) in [6.07, 6.45) is 0. The molecule has 2 aromatic rings. The normalized spacial score (nSPS) is 10.2. The van der Waals surface area contributed by atoms with Gasteiger partial charge in [0.05, 0.1) is 0 Å². The average molecular weight is 282 g/mol. The van der Waals surface area contributed by atoms with Crippen molar-refractivity contribution < 1.29 is 4.79 Å². The number of hydrogen-bond acceptors (Lipinski definition) is 3. The van der Waals surface area contributed by atoms with E-state index in [1.54, 1.807) is 0 Å². The fourth-order valence-electron chi connectivity index (χ4n) is 1.40. The first-order valence-electron chi connectivity index (χ1n) is 5.14. The second-order valence-electron chi connectivity index (χ2n) is 3.55. The number of anilines is 1. The summed E-state index contributed by atoms with van der Waals surface area (Å²) < 4.78 is 0. The number of nitrogens with zero attached hydrogens (tertiary/aromatic N) is 2. The topological polar surface area (TPSA) is 54.9 Å². The van der Waals surface area contributed by atoms with Gasteiger partial charge in [0.25, 0.3) is 0 Å². The summed E-state index contributed by atoms with van der Waals surface area (Å²) >= 11 is 12.0. The van der Waals surface area contributed by atoms with E-state index in [1.165, 1.54) is 6.92 Å². The fourth-order valence-corrected chi connectivity index (χ4v) is 1.89. The predicted octanol–water partition coefficient (Wildman–Crippen LogP) is 3.41. The van der Waals surface area contributed by atoms with Crippen LogP contribution in [0.4, 0.5) is 5.69 Å². The molecule has 92 valence electrons. The van der Waals surface area contributed by atoms with E-state index in [9.17, 15) is 4.79 Å². The summed E-state index contributed by atoms with van der Waals surface area (Å²) in [4.78, 5) is 19.2. The Balaban J connectivity index is 2.46. The lowest BCUT2D eigenvalue weighted by Gasteiger charge is -2.08. The van der Waals surface area contributed by atoms with Crippen molar-refractivity contribution in [3.63, 3.8) is 0 Å². The van der Waals surface area contributed by atoms with Crippen LogP contribution in [0, 0.1) is 0 Å². The maximum atomic E-state index is 11.0. The van der Waals surface area contributed by atoms with Gasteiger partial charge in [0.2, 0.25) is 5.91 Å². The molecule has 0 unspecified atom stereocenters. The summed E-state index contributed by atoms with van der Waals surface area (Å²) in [6, 6.07) is 9.31. The van der Waals surface area contributed by atoms with Crippen LogP contribution in [-0.4, -0.2) is 15.9 Å². The lowest BCUT2D eigenvalue weighted by molar-refractivity contribution is -0.114. The standard InChI is InChI=1S/C12H9Cl2N3O/c1-7(18)15-9-10(13)16-12(17-11(9)14)8-5-3-2-4-6-8/h2-6H,1H3,(H,15,18). The molecule has 1 aromatic heterocycles. The number of carbonyl (C=O) groups is 1. The van der Waals surface area contributed by atoms with Crippen molar-refractivity contribution in [2.24, 2.45) is 0 Å². The number of carbonyl (C=O) groups excluding carboxylic acids is 1. The van der Waals surface area contributed by atoms with Gasteiger partial charge < -0.3 is 5.32 Å². The van der Waals surface area contributed by atoms with Crippen LogP contribution in [0.15, 0.2) is 30.3 Å². The molecule has 6 heteroatoms. The number of rotatable bonds is 2. The molecule has 0 atom stereocenters. The summed E-state index contributed by atoms with van der Waals surface area (Å²) in [5, 5.41) is 2.72. The fraction of sp³-hybridized carbons (Fsp3) is 0.0833. The van der Waals surface area contributed by atoms with E-state index >= 15 is 0 Å². The molecule has 1 heterocycles. The molecule has 2 rings (SSSR count). The Morgan fingerprint density at radius 2 is 1.67 bits per heavy atom. The molecule has 18 heavy (non-hydrogen) atoms. The van der Waals surface area contributed by atoms with Crippen LogP contribution < -0.4 is 5.32 Å². The van der Waals surface area contributed by atoms with Crippen molar-refractivity contribution >= 4 is 34.8 Å². The Labute approximate surface area is 114 Å². The van der Waals surface area contributed by atoms with Crippen LogP contribution in [-0.2, 0) is 4.79 Å². The predicted molar refractivity (Wildman–Crippen MR) is 71.8 cm³/mol. The van der Waals surface area contributed by atoms with Crippen molar-refractivity contribution in [3.05, 3.63) is 40.6 Å². The monoisotopic (exact) mass is 281 g/mol. The van der Waals surface area contributed by atoms with E-state index in [1.807, 2.05) is 30.3 Å². The highest BCUT2D eigenvalue weighted by atomic mass is 35.5. The quantitative estimate of drug-likeness (QED) is 0.859. The van der Waals surface area contributed by atoms with E-state index < -0.39 is 0 Å². The number of hydrogen-bond donors (Lipinski definition) is 1. The third-order valence-electron chi connectivity index (χ3n) is 2.15. The second-order valence-corrected chi connectivity index (χ2v) is 4.27. The van der Waals surface area contributed by atoms with Crippen LogP contribution in [0.25, 0.3) is 11.4 Å². The van der Waals surface area contributed by atoms with Gasteiger partial charge in [-0.3, -0.25) is 4.79 Å². The van der Waals surface area contributed by atoms with Crippen LogP contribution in [0.2, 0.25) is 10.3 Å². The van der Waals surface area contributed by atoms with Gasteiger partial charge in [-0.05, 0) is 0 Å². The number of amides is 1. The number of nitrogens with one attached hydrogen (secondary N) is 1. The molecule has 1 aromatic carbocycles. The maximum absolute atomic E-state index is 11.0. The van der Waals surface area contributed by atoms with E-state index in [4.69, 9.17) is 23.2 Å². The SMILES string of the molecule is CC(=O)Nc1c(Cl)nc(-c2ccccc2)nc1Cl. The molecule has 0 aliphatic rings. The molecule has 0 fully saturated rings. The highest BCUT2D eigenvalue weighted by Gasteiger charge is 2.13. The van der Waals surface area contributed by atoms with E-state index in [0.29, 0.717) is 5.82 Å².